The number of benzene rings is 2. The van der Waals surface area contributed by atoms with Crippen molar-refractivity contribution in [2.75, 3.05) is 27.4 Å². The van der Waals surface area contributed by atoms with Crippen molar-refractivity contribution >= 4 is 23.5 Å². The summed E-state index contributed by atoms with van der Waals surface area (Å²) < 4.78 is 15.3. The maximum atomic E-state index is 12.2. The minimum atomic E-state index is -0.677. The molecular formula is C20H22ClNO5. The lowest BCUT2D eigenvalue weighted by atomic mass is 10.0. The molecule has 2 aromatic rings. The molecule has 144 valence electrons. The van der Waals surface area contributed by atoms with E-state index in [0.717, 1.165) is 5.56 Å². The average Bonchev–Trinajstić information content (AvgIpc) is 2.69. The van der Waals surface area contributed by atoms with E-state index in [1.54, 1.807) is 0 Å². The fourth-order valence-corrected chi connectivity index (χ4v) is 2.76. The van der Waals surface area contributed by atoms with Gasteiger partial charge in [-0.2, -0.15) is 0 Å². The zero-order valence-electron chi connectivity index (χ0n) is 15.5. The molecular weight excluding hydrogens is 370 g/mol. The van der Waals surface area contributed by atoms with Crippen LogP contribution in [0.2, 0.25) is 5.02 Å². The van der Waals surface area contributed by atoms with Gasteiger partial charge in [-0.15, -0.1) is 0 Å². The van der Waals surface area contributed by atoms with Gasteiger partial charge in [-0.1, -0.05) is 48.9 Å². The summed E-state index contributed by atoms with van der Waals surface area (Å²) in [4.78, 5) is 24.1. The molecule has 1 atom stereocenters. The molecule has 0 aliphatic carbocycles. The number of carbonyl (C=O) groups excluding carboxylic acids is 2. The first-order valence-electron chi connectivity index (χ1n) is 8.36. The molecule has 0 aliphatic rings. The highest BCUT2D eigenvalue weighted by molar-refractivity contribution is 6.32. The molecule has 27 heavy (non-hydrogen) atoms. The average molecular weight is 392 g/mol. The first-order chi connectivity index (χ1) is 13.0. The van der Waals surface area contributed by atoms with Crippen LogP contribution in [-0.2, 0) is 9.53 Å². The zero-order chi connectivity index (χ0) is 19.8. The van der Waals surface area contributed by atoms with Crippen LogP contribution in [0.3, 0.4) is 0 Å². The van der Waals surface area contributed by atoms with Crippen LogP contribution < -0.4 is 14.8 Å². The number of hydrogen-bond donors (Lipinski definition) is 1. The van der Waals surface area contributed by atoms with E-state index in [-0.39, 0.29) is 29.0 Å². The summed E-state index contributed by atoms with van der Waals surface area (Å²) in [6.07, 6.45) is 0. The van der Waals surface area contributed by atoms with Gasteiger partial charge in [-0.05, 0) is 23.6 Å². The normalized spacial score (nSPS) is 11.4. The SMILES string of the molecule is COc1cc(C(=O)OCC(=O)NCC(C)c2ccccc2)cc(Cl)c1OC. The number of hydrogen-bond acceptors (Lipinski definition) is 5. The number of rotatable bonds is 8. The summed E-state index contributed by atoms with van der Waals surface area (Å²) in [6.45, 7) is 2.07. The van der Waals surface area contributed by atoms with Gasteiger partial charge in [0.2, 0.25) is 0 Å². The number of carbonyl (C=O) groups is 2. The Balaban J connectivity index is 1.88. The Labute approximate surface area is 163 Å². The summed E-state index contributed by atoms with van der Waals surface area (Å²) in [5.74, 6) is -0.279. The van der Waals surface area contributed by atoms with Crippen LogP contribution in [-0.4, -0.2) is 39.2 Å². The van der Waals surface area contributed by atoms with Crippen molar-refractivity contribution in [1.82, 2.24) is 5.32 Å². The molecule has 0 saturated heterocycles. The zero-order valence-corrected chi connectivity index (χ0v) is 16.2. The molecule has 0 bridgehead atoms. The highest BCUT2D eigenvalue weighted by Gasteiger charge is 2.17. The van der Waals surface area contributed by atoms with Crippen LogP contribution in [0.4, 0.5) is 0 Å². The third kappa shape index (κ3) is 5.62. The highest BCUT2D eigenvalue weighted by Crippen LogP contribution is 2.36. The standard InChI is InChI=1S/C20H22ClNO5/c1-13(14-7-5-4-6-8-14)11-22-18(23)12-27-20(24)15-9-16(21)19(26-3)17(10-15)25-2/h4-10,13H,11-12H2,1-3H3,(H,22,23). The molecule has 2 aromatic carbocycles. The quantitative estimate of drug-likeness (QED) is 0.698. The third-order valence-electron chi connectivity index (χ3n) is 3.98. The van der Waals surface area contributed by atoms with Gasteiger partial charge in [-0.25, -0.2) is 4.79 Å². The molecule has 0 fully saturated rings. The van der Waals surface area contributed by atoms with Crippen LogP contribution in [0.1, 0.15) is 28.8 Å². The van der Waals surface area contributed by atoms with E-state index >= 15 is 0 Å². The van der Waals surface area contributed by atoms with E-state index < -0.39 is 5.97 Å². The van der Waals surface area contributed by atoms with Crippen LogP contribution >= 0.6 is 11.6 Å². The topological polar surface area (TPSA) is 73.9 Å². The van der Waals surface area contributed by atoms with Gasteiger partial charge in [0.15, 0.2) is 18.1 Å². The van der Waals surface area contributed by atoms with Crippen LogP contribution in [0.25, 0.3) is 0 Å². The molecule has 0 heterocycles. The molecule has 1 unspecified atom stereocenters. The molecule has 0 spiro atoms. The number of nitrogens with one attached hydrogen (secondary N) is 1. The molecule has 6 nitrogen and oxygen atoms in total. The predicted octanol–water partition coefficient (Wildman–Crippen LogP) is 3.43. The molecule has 0 aromatic heterocycles. The summed E-state index contributed by atoms with van der Waals surface area (Å²) in [6, 6.07) is 12.7. The number of esters is 1. The molecule has 0 radical (unpaired) electrons. The van der Waals surface area contributed by atoms with Gasteiger partial charge in [0.25, 0.3) is 5.91 Å². The first kappa shape index (κ1) is 20.6. The smallest absolute Gasteiger partial charge is 0.338 e. The van der Waals surface area contributed by atoms with Gasteiger partial charge < -0.3 is 19.5 Å². The van der Waals surface area contributed by atoms with Crippen LogP contribution in [0.15, 0.2) is 42.5 Å². The number of amides is 1. The minimum absolute atomic E-state index is 0.149. The van der Waals surface area contributed by atoms with Crippen molar-refractivity contribution in [1.29, 1.82) is 0 Å². The van der Waals surface area contributed by atoms with E-state index in [4.69, 9.17) is 25.8 Å². The van der Waals surface area contributed by atoms with Crippen LogP contribution in [0.5, 0.6) is 11.5 Å². The number of methoxy groups -OCH3 is 2. The van der Waals surface area contributed by atoms with E-state index in [1.165, 1.54) is 26.4 Å². The Bertz CT molecular complexity index is 794. The first-order valence-corrected chi connectivity index (χ1v) is 8.74. The lowest BCUT2D eigenvalue weighted by molar-refractivity contribution is -0.124. The Hall–Kier alpha value is -2.73. The predicted molar refractivity (Wildman–Crippen MR) is 103 cm³/mol. The largest absolute Gasteiger partial charge is 0.493 e. The van der Waals surface area contributed by atoms with Crippen molar-refractivity contribution in [3.05, 3.63) is 58.6 Å². The molecule has 1 amide bonds. The summed E-state index contributed by atoms with van der Waals surface area (Å²) in [5.41, 5.74) is 1.29. The molecule has 1 N–H and O–H groups in total. The van der Waals surface area contributed by atoms with Gasteiger partial charge in [0.05, 0.1) is 24.8 Å². The monoisotopic (exact) mass is 391 g/mol. The maximum Gasteiger partial charge on any atom is 0.338 e. The van der Waals surface area contributed by atoms with E-state index in [9.17, 15) is 9.59 Å². The Morgan fingerprint density at radius 2 is 1.81 bits per heavy atom. The third-order valence-corrected chi connectivity index (χ3v) is 4.26. The molecule has 0 saturated carbocycles. The van der Waals surface area contributed by atoms with Crippen LogP contribution in [0, 0.1) is 0 Å². The van der Waals surface area contributed by atoms with Crippen molar-refractivity contribution in [2.24, 2.45) is 0 Å². The fourth-order valence-electron chi connectivity index (χ4n) is 2.47. The Morgan fingerprint density at radius 1 is 1.11 bits per heavy atom. The number of halogens is 1. The van der Waals surface area contributed by atoms with Crippen molar-refractivity contribution < 1.29 is 23.8 Å². The summed E-state index contributed by atoms with van der Waals surface area (Å²) >= 11 is 6.07. The maximum absolute atomic E-state index is 12.2. The van der Waals surface area contributed by atoms with Crippen molar-refractivity contribution in [3.63, 3.8) is 0 Å². The Kier molecular flexibility index (Phi) is 7.49. The summed E-state index contributed by atoms with van der Waals surface area (Å²) in [5, 5.41) is 2.97. The molecule has 0 aliphatic heterocycles. The molecule has 7 heteroatoms. The highest BCUT2D eigenvalue weighted by atomic mass is 35.5. The van der Waals surface area contributed by atoms with Gasteiger partial charge >= 0.3 is 5.97 Å². The molecule has 2 rings (SSSR count). The van der Waals surface area contributed by atoms with Crippen molar-refractivity contribution in [2.45, 2.75) is 12.8 Å². The van der Waals surface area contributed by atoms with Gasteiger partial charge in [0.1, 0.15) is 0 Å². The second kappa shape index (κ2) is 9.83. The summed E-state index contributed by atoms with van der Waals surface area (Å²) in [7, 11) is 2.88. The minimum Gasteiger partial charge on any atom is -0.493 e. The van der Waals surface area contributed by atoms with E-state index in [2.05, 4.69) is 5.32 Å². The van der Waals surface area contributed by atoms with E-state index in [1.807, 2.05) is 37.3 Å². The lowest BCUT2D eigenvalue weighted by Crippen LogP contribution is -2.31. The van der Waals surface area contributed by atoms with Gasteiger partial charge in [-0.3, -0.25) is 4.79 Å². The van der Waals surface area contributed by atoms with E-state index in [0.29, 0.717) is 18.0 Å². The lowest BCUT2D eigenvalue weighted by Gasteiger charge is -2.14. The fraction of sp³-hybridized carbons (Fsp3) is 0.300. The van der Waals surface area contributed by atoms with Crippen molar-refractivity contribution in [3.8, 4) is 11.5 Å². The van der Waals surface area contributed by atoms with Gasteiger partial charge in [0, 0.05) is 6.54 Å². The number of ether oxygens (including phenoxy) is 3. The second-order valence-corrected chi connectivity index (χ2v) is 6.29. The Morgan fingerprint density at radius 3 is 2.44 bits per heavy atom. The second-order valence-electron chi connectivity index (χ2n) is 5.89.